The van der Waals surface area contributed by atoms with Crippen LogP contribution in [0.3, 0.4) is 0 Å². The molecule has 9 heteroatoms. The van der Waals surface area contributed by atoms with Gasteiger partial charge in [0.15, 0.2) is 0 Å². The second-order valence-corrected chi connectivity index (χ2v) is 7.31. The van der Waals surface area contributed by atoms with Gasteiger partial charge in [0.2, 0.25) is 10.0 Å². The number of carbonyl (C=O) groups excluding carboxylic acids is 1. The predicted octanol–water partition coefficient (Wildman–Crippen LogP) is 1.41. The standard InChI is InChI=1S/C17H18N4O4S/c1-18-26(23,24)15-9-11(7-8-14(15)25-2)17(22)19-10-16-20-12-5-3-4-6-13(12)21-16/h3-9,18H,10H2,1-2H3,(H,19,22)(H,20,21). The minimum atomic E-state index is -3.75. The monoisotopic (exact) mass is 374 g/mol. The molecular formula is C17H18N4O4S. The fraction of sp³-hybridized carbons (Fsp3) is 0.176. The third-order valence-electron chi connectivity index (χ3n) is 3.84. The zero-order valence-electron chi connectivity index (χ0n) is 14.2. The summed E-state index contributed by atoms with van der Waals surface area (Å²) in [6.45, 7) is 0.188. The summed E-state index contributed by atoms with van der Waals surface area (Å²) < 4.78 is 31.5. The van der Waals surface area contributed by atoms with E-state index in [0.29, 0.717) is 5.82 Å². The lowest BCUT2D eigenvalue weighted by Gasteiger charge is -2.11. The second-order valence-electron chi connectivity index (χ2n) is 5.46. The summed E-state index contributed by atoms with van der Waals surface area (Å²) in [6, 6.07) is 11.8. The number of amides is 1. The van der Waals surface area contributed by atoms with Crippen molar-refractivity contribution in [1.82, 2.24) is 20.0 Å². The maximum atomic E-state index is 12.4. The Balaban J connectivity index is 1.80. The molecular weight excluding hydrogens is 356 g/mol. The summed E-state index contributed by atoms with van der Waals surface area (Å²) in [5.41, 5.74) is 1.89. The molecule has 136 valence electrons. The van der Waals surface area contributed by atoms with Crippen LogP contribution < -0.4 is 14.8 Å². The molecule has 3 aromatic rings. The molecule has 2 aromatic carbocycles. The average Bonchev–Trinajstić information content (AvgIpc) is 3.08. The highest BCUT2D eigenvalue weighted by Gasteiger charge is 2.20. The largest absolute Gasteiger partial charge is 0.495 e. The highest BCUT2D eigenvalue weighted by Crippen LogP contribution is 2.24. The number of para-hydroxylation sites is 2. The minimum absolute atomic E-state index is 0.0983. The molecule has 0 radical (unpaired) electrons. The summed E-state index contributed by atoms with van der Waals surface area (Å²) in [7, 11) is -1.09. The van der Waals surface area contributed by atoms with E-state index in [2.05, 4.69) is 20.0 Å². The maximum Gasteiger partial charge on any atom is 0.251 e. The molecule has 0 spiro atoms. The topological polar surface area (TPSA) is 113 Å². The molecule has 1 amide bonds. The number of imidazole rings is 1. The van der Waals surface area contributed by atoms with Crippen molar-refractivity contribution in [3.63, 3.8) is 0 Å². The minimum Gasteiger partial charge on any atom is -0.495 e. The quantitative estimate of drug-likeness (QED) is 0.604. The third kappa shape index (κ3) is 3.53. The number of nitrogens with one attached hydrogen (secondary N) is 3. The van der Waals surface area contributed by atoms with Crippen molar-refractivity contribution in [1.29, 1.82) is 0 Å². The third-order valence-corrected chi connectivity index (χ3v) is 5.27. The van der Waals surface area contributed by atoms with Crippen LogP contribution in [0.5, 0.6) is 5.75 Å². The molecule has 0 saturated carbocycles. The van der Waals surface area contributed by atoms with Crippen LogP contribution in [-0.4, -0.2) is 38.5 Å². The Bertz CT molecular complexity index is 1030. The van der Waals surface area contributed by atoms with Crippen molar-refractivity contribution in [2.75, 3.05) is 14.2 Å². The normalized spacial score (nSPS) is 11.5. The van der Waals surface area contributed by atoms with Gasteiger partial charge < -0.3 is 15.0 Å². The lowest BCUT2D eigenvalue weighted by Crippen LogP contribution is -2.24. The summed E-state index contributed by atoms with van der Waals surface area (Å²) in [5.74, 6) is 0.352. The number of aromatic amines is 1. The highest BCUT2D eigenvalue weighted by molar-refractivity contribution is 7.89. The van der Waals surface area contributed by atoms with E-state index >= 15 is 0 Å². The molecule has 0 aliphatic carbocycles. The van der Waals surface area contributed by atoms with Crippen LogP contribution in [0, 0.1) is 0 Å². The Morgan fingerprint density at radius 2 is 2.00 bits per heavy atom. The van der Waals surface area contributed by atoms with Crippen molar-refractivity contribution in [3.05, 3.63) is 53.9 Å². The van der Waals surface area contributed by atoms with Crippen LogP contribution in [0.25, 0.3) is 11.0 Å². The van der Waals surface area contributed by atoms with Gasteiger partial charge >= 0.3 is 0 Å². The first-order chi connectivity index (χ1) is 12.4. The van der Waals surface area contributed by atoms with Crippen LogP contribution in [-0.2, 0) is 16.6 Å². The number of hydrogen-bond donors (Lipinski definition) is 3. The van der Waals surface area contributed by atoms with Crippen molar-refractivity contribution in [2.45, 2.75) is 11.4 Å². The first-order valence-electron chi connectivity index (χ1n) is 7.78. The van der Waals surface area contributed by atoms with Gasteiger partial charge in [0.05, 0.1) is 24.7 Å². The molecule has 0 bridgehead atoms. The van der Waals surface area contributed by atoms with Gasteiger partial charge in [-0.3, -0.25) is 4.79 Å². The smallest absolute Gasteiger partial charge is 0.251 e. The van der Waals surface area contributed by atoms with Gasteiger partial charge in [0, 0.05) is 5.56 Å². The number of ether oxygens (including phenoxy) is 1. The molecule has 8 nitrogen and oxygen atoms in total. The molecule has 0 fully saturated rings. The number of sulfonamides is 1. The Morgan fingerprint density at radius 1 is 1.23 bits per heavy atom. The van der Waals surface area contributed by atoms with E-state index in [1.165, 1.54) is 32.4 Å². The van der Waals surface area contributed by atoms with E-state index < -0.39 is 15.9 Å². The Morgan fingerprint density at radius 3 is 2.69 bits per heavy atom. The number of rotatable bonds is 6. The Kier molecular flexibility index (Phi) is 4.92. The van der Waals surface area contributed by atoms with E-state index in [-0.39, 0.29) is 22.8 Å². The number of aromatic nitrogens is 2. The van der Waals surface area contributed by atoms with Gasteiger partial charge in [0.1, 0.15) is 16.5 Å². The number of hydrogen-bond acceptors (Lipinski definition) is 5. The molecule has 0 aliphatic rings. The van der Waals surface area contributed by atoms with Gasteiger partial charge in [-0.2, -0.15) is 0 Å². The molecule has 0 saturated heterocycles. The number of nitrogens with zero attached hydrogens (tertiary/aromatic N) is 1. The van der Waals surface area contributed by atoms with E-state index in [1.807, 2.05) is 24.3 Å². The summed E-state index contributed by atoms with van der Waals surface area (Å²) in [4.78, 5) is 19.8. The number of H-pyrrole nitrogens is 1. The fourth-order valence-corrected chi connectivity index (χ4v) is 3.41. The van der Waals surface area contributed by atoms with Crippen LogP contribution in [0.4, 0.5) is 0 Å². The number of benzene rings is 2. The Labute approximate surface area is 150 Å². The first kappa shape index (κ1) is 17.9. The van der Waals surface area contributed by atoms with Crippen molar-refractivity contribution in [3.8, 4) is 5.75 Å². The van der Waals surface area contributed by atoms with Crippen LogP contribution >= 0.6 is 0 Å². The van der Waals surface area contributed by atoms with Gasteiger partial charge in [-0.15, -0.1) is 0 Å². The van der Waals surface area contributed by atoms with E-state index in [0.717, 1.165) is 11.0 Å². The van der Waals surface area contributed by atoms with Crippen molar-refractivity contribution < 1.29 is 17.9 Å². The molecule has 0 aliphatic heterocycles. The van der Waals surface area contributed by atoms with E-state index in [9.17, 15) is 13.2 Å². The van der Waals surface area contributed by atoms with Crippen LogP contribution in [0.15, 0.2) is 47.4 Å². The van der Waals surface area contributed by atoms with Gasteiger partial charge in [-0.1, -0.05) is 12.1 Å². The second kappa shape index (κ2) is 7.14. The lowest BCUT2D eigenvalue weighted by atomic mass is 10.2. The fourth-order valence-electron chi connectivity index (χ4n) is 2.49. The molecule has 0 unspecified atom stereocenters. The number of fused-ring (bicyclic) bond motifs is 1. The highest BCUT2D eigenvalue weighted by atomic mass is 32.2. The average molecular weight is 374 g/mol. The van der Waals surface area contributed by atoms with E-state index in [1.54, 1.807) is 0 Å². The predicted molar refractivity (Wildman–Crippen MR) is 96.5 cm³/mol. The zero-order chi connectivity index (χ0) is 18.7. The van der Waals surface area contributed by atoms with Crippen LogP contribution in [0.1, 0.15) is 16.2 Å². The molecule has 0 atom stereocenters. The zero-order valence-corrected chi connectivity index (χ0v) is 15.1. The SMILES string of the molecule is CNS(=O)(=O)c1cc(C(=O)NCc2nc3ccccc3[nH]2)ccc1OC. The molecule has 26 heavy (non-hydrogen) atoms. The summed E-state index contributed by atoms with van der Waals surface area (Å²) in [5, 5.41) is 2.72. The first-order valence-corrected chi connectivity index (χ1v) is 9.26. The van der Waals surface area contributed by atoms with Crippen molar-refractivity contribution in [2.24, 2.45) is 0 Å². The molecule has 3 N–H and O–H groups in total. The van der Waals surface area contributed by atoms with E-state index in [4.69, 9.17) is 4.74 Å². The molecule has 3 rings (SSSR count). The number of methoxy groups -OCH3 is 1. The number of carbonyl (C=O) groups is 1. The van der Waals surface area contributed by atoms with Gasteiger partial charge in [-0.05, 0) is 37.4 Å². The summed E-state index contributed by atoms with van der Waals surface area (Å²) >= 11 is 0. The summed E-state index contributed by atoms with van der Waals surface area (Å²) in [6.07, 6.45) is 0. The maximum absolute atomic E-state index is 12.4. The van der Waals surface area contributed by atoms with Crippen LogP contribution in [0.2, 0.25) is 0 Å². The lowest BCUT2D eigenvalue weighted by molar-refractivity contribution is 0.0949. The van der Waals surface area contributed by atoms with Gasteiger partial charge in [0.25, 0.3) is 5.91 Å². The van der Waals surface area contributed by atoms with Crippen molar-refractivity contribution >= 4 is 27.0 Å². The molecule has 1 heterocycles. The van der Waals surface area contributed by atoms with Gasteiger partial charge in [-0.25, -0.2) is 18.1 Å². The Hall–Kier alpha value is -2.91. The molecule has 1 aromatic heterocycles.